The van der Waals surface area contributed by atoms with E-state index in [0.29, 0.717) is 4.88 Å². The van der Waals surface area contributed by atoms with Gasteiger partial charge in [0.1, 0.15) is 11.5 Å². The Balaban J connectivity index is 2.11. The molecule has 0 saturated heterocycles. The first-order valence-electron chi connectivity index (χ1n) is 7.29. The van der Waals surface area contributed by atoms with E-state index in [1.165, 1.54) is 29.5 Å². The van der Waals surface area contributed by atoms with Crippen LogP contribution in [0.15, 0.2) is 47.5 Å². The summed E-state index contributed by atoms with van der Waals surface area (Å²) >= 11 is 1.34. The Bertz CT molecular complexity index is 817. The molecule has 0 fully saturated rings. The van der Waals surface area contributed by atoms with E-state index in [0.717, 1.165) is 11.0 Å². The van der Waals surface area contributed by atoms with Crippen LogP contribution < -0.4 is 4.90 Å². The third-order valence-electron chi connectivity index (χ3n) is 3.71. The first kappa shape index (κ1) is 16.4. The number of imide groups is 1. The van der Waals surface area contributed by atoms with E-state index in [1.807, 2.05) is 5.38 Å². The lowest BCUT2D eigenvalue weighted by atomic mass is 10.2. The van der Waals surface area contributed by atoms with Gasteiger partial charge in [0.05, 0.1) is 17.9 Å². The van der Waals surface area contributed by atoms with Gasteiger partial charge in [-0.05, 0) is 29.6 Å². The third kappa shape index (κ3) is 2.72. The Labute approximate surface area is 142 Å². The highest BCUT2D eigenvalue weighted by atomic mass is 32.1. The molecule has 3 rings (SSSR count). The maximum Gasteiger partial charge on any atom is 0.282 e. The maximum absolute atomic E-state index is 13.5. The van der Waals surface area contributed by atoms with Crippen LogP contribution in [0.5, 0.6) is 0 Å². The largest absolute Gasteiger partial charge is 0.395 e. The topological polar surface area (TPSA) is 60.9 Å². The molecule has 0 unspecified atom stereocenters. The molecule has 1 aliphatic heterocycles. The molecule has 1 N–H and O–H groups in total. The monoisotopic (exact) mass is 346 g/mol. The van der Waals surface area contributed by atoms with E-state index in [1.54, 1.807) is 24.1 Å². The minimum atomic E-state index is -0.525. The Morgan fingerprint density at radius 3 is 2.62 bits per heavy atom. The van der Waals surface area contributed by atoms with Crippen molar-refractivity contribution >= 4 is 34.4 Å². The molecule has 1 aromatic heterocycles. The number of rotatable bonds is 5. The summed E-state index contributed by atoms with van der Waals surface area (Å²) in [5, 5.41) is 11.0. The van der Waals surface area contributed by atoms with Gasteiger partial charge in [0.25, 0.3) is 11.8 Å². The summed E-state index contributed by atoms with van der Waals surface area (Å²) in [4.78, 5) is 28.9. The predicted molar refractivity (Wildman–Crippen MR) is 89.8 cm³/mol. The molecule has 0 spiro atoms. The number of aliphatic hydroxyl groups is 1. The van der Waals surface area contributed by atoms with Crippen molar-refractivity contribution in [3.8, 4) is 0 Å². The van der Waals surface area contributed by atoms with Crippen molar-refractivity contribution in [1.29, 1.82) is 0 Å². The van der Waals surface area contributed by atoms with Crippen molar-refractivity contribution in [2.45, 2.75) is 0 Å². The number of benzene rings is 1. The fraction of sp³-hybridized carbons (Fsp3) is 0.176. The molecule has 24 heavy (non-hydrogen) atoms. The second-order valence-corrected chi connectivity index (χ2v) is 6.22. The lowest BCUT2D eigenvalue weighted by molar-refractivity contribution is -0.120. The molecule has 1 aromatic carbocycles. The van der Waals surface area contributed by atoms with Crippen LogP contribution in [0.25, 0.3) is 5.57 Å². The Morgan fingerprint density at radius 1 is 1.21 bits per heavy atom. The van der Waals surface area contributed by atoms with E-state index in [4.69, 9.17) is 5.11 Å². The highest BCUT2D eigenvalue weighted by molar-refractivity contribution is 7.11. The third-order valence-corrected chi connectivity index (χ3v) is 4.60. The van der Waals surface area contributed by atoms with Gasteiger partial charge < -0.3 is 10.0 Å². The van der Waals surface area contributed by atoms with E-state index < -0.39 is 17.6 Å². The van der Waals surface area contributed by atoms with Gasteiger partial charge in [0.15, 0.2) is 0 Å². The van der Waals surface area contributed by atoms with Gasteiger partial charge in [-0.2, -0.15) is 0 Å². The minimum Gasteiger partial charge on any atom is -0.395 e. The molecule has 1 aliphatic rings. The van der Waals surface area contributed by atoms with Crippen molar-refractivity contribution < 1.29 is 19.1 Å². The predicted octanol–water partition coefficient (Wildman–Crippen LogP) is 2.10. The molecular weight excluding hydrogens is 331 g/mol. The Hall–Kier alpha value is -2.51. The second-order valence-electron chi connectivity index (χ2n) is 5.27. The van der Waals surface area contributed by atoms with Gasteiger partial charge in [-0.1, -0.05) is 12.1 Å². The number of anilines is 1. The Morgan fingerprint density at radius 2 is 2.00 bits per heavy atom. The van der Waals surface area contributed by atoms with Crippen LogP contribution in [-0.4, -0.2) is 42.0 Å². The van der Waals surface area contributed by atoms with Crippen molar-refractivity contribution in [3.63, 3.8) is 0 Å². The molecular formula is C17H15FN2O3S. The van der Waals surface area contributed by atoms with Gasteiger partial charge in [-0.3, -0.25) is 9.59 Å². The quantitative estimate of drug-likeness (QED) is 0.843. The molecule has 0 saturated carbocycles. The van der Waals surface area contributed by atoms with Crippen LogP contribution in [-0.2, 0) is 9.59 Å². The normalized spacial score (nSPS) is 14.7. The van der Waals surface area contributed by atoms with Crippen LogP contribution in [0.3, 0.4) is 0 Å². The van der Waals surface area contributed by atoms with Crippen molar-refractivity contribution in [2.24, 2.45) is 0 Å². The summed E-state index contributed by atoms with van der Waals surface area (Å²) in [7, 11) is 1.64. The first-order chi connectivity index (χ1) is 11.5. The molecule has 2 aromatic rings. The van der Waals surface area contributed by atoms with Gasteiger partial charge in [-0.25, -0.2) is 9.29 Å². The lowest BCUT2D eigenvalue weighted by Crippen LogP contribution is -2.34. The highest BCUT2D eigenvalue weighted by Gasteiger charge is 2.42. The summed E-state index contributed by atoms with van der Waals surface area (Å²) in [6.45, 7) is 0.0549. The van der Waals surface area contributed by atoms with E-state index in [-0.39, 0.29) is 30.1 Å². The number of hydrogen-bond acceptors (Lipinski definition) is 5. The summed E-state index contributed by atoms with van der Waals surface area (Å²) in [6.07, 6.45) is 0. The average Bonchev–Trinajstić information content (AvgIpc) is 3.13. The number of hydrogen-bond donors (Lipinski definition) is 1. The zero-order chi connectivity index (χ0) is 17.3. The van der Waals surface area contributed by atoms with Gasteiger partial charge >= 0.3 is 0 Å². The van der Waals surface area contributed by atoms with Gasteiger partial charge in [-0.15, -0.1) is 11.3 Å². The van der Waals surface area contributed by atoms with Crippen LogP contribution in [0.4, 0.5) is 10.1 Å². The lowest BCUT2D eigenvalue weighted by Gasteiger charge is -2.20. The summed E-state index contributed by atoms with van der Waals surface area (Å²) < 4.78 is 13.5. The zero-order valence-corrected chi connectivity index (χ0v) is 13.7. The number of thiophene rings is 1. The van der Waals surface area contributed by atoms with Crippen LogP contribution in [0.1, 0.15) is 4.88 Å². The van der Waals surface area contributed by atoms with E-state index in [2.05, 4.69) is 0 Å². The maximum atomic E-state index is 13.5. The number of carbonyl (C=O) groups is 2. The number of halogens is 1. The van der Waals surface area contributed by atoms with Crippen molar-refractivity contribution in [3.05, 3.63) is 58.2 Å². The van der Waals surface area contributed by atoms with E-state index >= 15 is 0 Å². The second kappa shape index (κ2) is 6.54. The first-order valence-corrected chi connectivity index (χ1v) is 8.17. The summed E-state index contributed by atoms with van der Waals surface area (Å²) in [5.74, 6) is -1.54. The average molecular weight is 346 g/mol. The molecule has 2 heterocycles. The fourth-order valence-electron chi connectivity index (χ4n) is 2.63. The SMILES string of the molecule is CN(CCO)C1=C(c2cccs2)C(=O)N(c2cccc(F)c2)C1=O. The van der Waals surface area contributed by atoms with E-state index in [9.17, 15) is 14.0 Å². The summed E-state index contributed by atoms with van der Waals surface area (Å²) in [5.41, 5.74) is 0.669. The summed E-state index contributed by atoms with van der Waals surface area (Å²) in [6, 6.07) is 8.91. The van der Waals surface area contributed by atoms with Crippen LogP contribution in [0.2, 0.25) is 0 Å². The molecule has 0 aliphatic carbocycles. The molecule has 0 atom stereocenters. The molecule has 0 radical (unpaired) electrons. The fourth-order valence-corrected chi connectivity index (χ4v) is 3.39. The standard InChI is InChI=1S/C17H15FN2O3S/c1-19(7-8-21)15-14(13-6-3-9-24-13)16(22)20(17(15)23)12-5-2-4-11(18)10-12/h2-6,9-10,21H,7-8H2,1H3. The van der Waals surface area contributed by atoms with Gasteiger partial charge in [0, 0.05) is 18.5 Å². The zero-order valence-electron chi connectivity index (χ0n) is 12.9. The van der Waals surface area contributed by atoms with Gasteiger partial charge in [0.2, 0.25) is 0 Å². The number of nitrogens with zero attached hydrogens (tertiary/aromatic N) is 2. The number of likely N-dealkylation sites (N-methyl/N-ethyl adjacent to an activating group) is 1. The van der Waals surface area contributed by atoms with Crippen molar-refractivity contribution in [2.75, 3.05) is 25.1 Å². The Kier molecular flexibility index (Phi) is 4.46. The smallest absolute Gasteiger partial charge is 0.282 e. The molecule has 2 amide bonds. The molecule has 7 heteroatoms. The molecule has 124 valence electrons. The molecule has 5 nitrogen and oxygen atoms in total. The number of aliphatic hydroxyl groups excluding tert-OH is 1. The minimum absolute atomic E-state index is 0.154. The number of carbonyl (C=O) groups excluding carboxylic acids is 2. The van der Waals surface area contributed by atoms with Crippen molar-refractivity contribution in [1.82, 2.24) is 4.90 Å². The van der Waals surface area contributed by atoms with Crippen LogP contribution >= 0.6 is 11.3 Å². The number of amides is 2. The highest BCUT2D eigenvalue weighted by Crippen LogP contribution is 2.36. The molecule has 0 bridgehead atoms. The van der Waals surface area contributed by atoms with Crippen LogP contribution in [0, 0.1) is 5.82 Å².